The summed E-state index contributed by atoms with van der Waals surface area (Å²) >= 11 is 8.26. The van der Waals surface area contributed by atoms with E-state index in [0.29, 0.717) is 38.8 Å². The zero-order chi connectivity index (χ0) is 26.5. The molecule has 0 unspecified atom stereocenters. The van der Waals surface area contributed by atoms with E-state index >= 15 is 0 Å². The van der Waals surface area contributed by atoms with Gasteiger partial charge in [-0.05, 0) is 49.1 Å². The van der Waals surface area contributed by atoms with Crippen LogP contribution in [0.25, 0.3) is 6.08 Å². The van der Waals surface area contributed by atoms with Crippen molar-refractivity contribution in [2.24, 2.45) is 0 Å². The van der Waals surface area contributed by atoms with E-state index in [9.17, 15) is 9.59 Å². The molecule has 2 aliphatic rings. The molecule has 0 bridgehead atoms. The van der Waals surface area contributed by atoms with Crippen molar-refractivity contribution in [3.05, 3.63) is 75.1 Å². The summed E-state index contributed by atoms with van der Waals surface area (Å²) in [5.41, 5.74) is 3.32. The van der Waals surface area contributed by atoms with Gasteiger partial charge in [-0.25, -0.2) is 4.98 Å². The first-order chi connectivity index (χ1) is 18.4. The number of thiocarbonyl (C=S) groups is 1. The summed E-state index contributed by atoms with van der Waals surface area (Å²) in [6.45, 7) is 2.82. The predicted molar refractivity (Wildman–Crippen MR) is 156 cm³/mol. The fourth-order valence-corrected chi connectivity index (χ4v) is 6.29. The molecular formula is C28H27N3O4S3. The van der Waals surface area contributed by atoms with E-state index in [1.807, 2.05) is 30.5 Å². The average molecular weight is 566 g/mol. The summed E-state index contributed by atoms with van der Waals surface area (Å²) in [6, 6.07) is 14.0. The number of amides is 2. The summed E-state index contributed by atoms with van der Waals surface area (Å²) < 4.78 is 11.3. The summed E-state index contributed by atoms with van der Waals surface area (Å²) in [5, 5.41) is 3.53. The Morgan fingerprint density at radius 1 is 1.13 bits per heavy atom. The van der Waals surface area contributed by atoms with Crippen LogP contribution in [0.5, 0.6) is 11.5 Å². The fourth-order valence-electron chi connectivity index (χ4n) is 4.12. The summed E-state index contributed by atoms with van der Waals surface area (Å²) in [5.74, 6) is 1.26. The van der Waals surface area contributed by atoms with E-state index < -0.39 is 0 Å². The molecule has 1 fully saturated rings. The molecule has 3 aromatic rings. The van der Waals surface area contributed by atoms with Gasteiger partial charge >= 0.3 is 0 Å². The minimum Gasteiger partial charge on any atom is -0.454 e. The first kappa shape index (κ1) is 26.4. The van der Waals surface area contributed by atoms with Gasteiger partial charge in [0, 0.05) is 30.5 Å². The number of rotatable bonds is 10. The van der Waals surface area contributed by atoms with E-state index in [-0.39, 0.29) is 18.6 Å². The SMILES string of the molecule is Cc1ccc(Cc2cnc(NC(=O)CCCCCN3C(=O)/C(=C/c4ccc5c(c4)OCO5)SC3=S)s2)cc1. The zero-order valence-corrected chi connectivity index (χ0v) is 23.3. The van der Waals surface area contributed by atoms with Crippen molar-refractivity contribution in [2.45, 2.75) is 39.0 Å². The molecule has 0 aliphatic carbocycles. The normalized spacial score (nSPS) is 15.5. The van der Waals surface area contributed by atoms with Gasteiger partial charge in [-0.2, -0.15) is 0 Å². The van der Waals surface area contributed by atoms with Crippen molar-refractivity contribution in [1.82, 2.24) is 9.88 Å². The molecule has 1 aromatic heterocycles. The highest BCUT2D eigenvalue weighted by Gasteiger charge is 2.31. The molecule has 5 rings (SSSR count). The molecule has 0 spiro atoms. The van der Waals surface area contributed by atoms with Gasteiger partial charge in [0.05, 0.1) is 4.91 Å². The number of unbranched alkanes of at least 4 members (excludes halogenated alkanes) is 2. The van der Waals surface area contributed by atoms with Gasteiger partial charge in [0.15, 0.2) is 16.6 Å². The van der Waals surface area contributed by atoms with Gasteiger partial charge in [0.25, 0.3) is 5.91 Å². The number of carbonyl (C=O) groups is 2. The number of fused-ring (bicyclic) bond motifs is 1. The van der Waals surface area contributed by atoms with Crippen LogP contribution in [0.4, 0.5) is 5.13 Å². The molecule has 38 heavy (non-hydrogen) atoms. The lowest BCUT2D eigenvalue weighted by molar-refractivity contribution is -0.122. The van der Waals surface area contributed by atoms with E-state index in [2.05, 4.69) is 41.5 Å². The second-order valence-corrected chi connectivity index (χ2v) is 11.9. The van der Waals surface area contributed by atoms with E-state index in [1.165, 1.54) is 34.2 Å². The van der Waals surface area contributed by atoms with Crippen molar-refractivity contribution in [2.75, 3.05) is 18.7 Å². The molecule has 10 heteroatoms. The quantitative estimate of drug-likeness (QED) is 0.179. The second-order valence-electron chi connectivity index (χ2n) is 9.10. The first-order valence-corrected chi connectivity index (χ1v) is 14.4. The molecule has 2 aromatic carbocycles. The van der Waals surface area contributed by atoms with Crippen LogP contribution in [0.2, 0.25) is 0 Å². The number of carbonyl (C=O) groups excluding carboxylic acids is 2. The lowest BCUT2D eigenvalue weighted by Gasteiger charge is -2.14. The third-order valence-corrected chi connectivity index (χ3v) is 8.44. The van der Waals surface area contributed by atoms with Crippen molar-refractivity contribution >= 4 is 62.7 Å². The Hall–Kier alpha value is -3.21. The molecule has 2 amide bonds. The predicted octanol–water partition coefficient (Wildman–Crippen LogP) is 6.17. The van der Waals surface area contributed by atoms with E-state index in [0.717, 1.165) is 36.1 Å². The topological polar surface area (TPSA) is 80.8 Å². The highest BCUT2D eigenvalue weighted by Crippen LogP contribution is 2.36. The Labute approximate surface area is 235 Å². The van der Waals surface area contributed by atoms with Crippen LogP contribution in [0.1, 0.15) is 47.3 Å². The number of nitrogens with one attached hydrogen (secondary N) is 1. The summed E-state index contributed by atoms with van der Waals surface area (Å²) in [4.78, 5) is 33.0. The summed E-state index contributed by atoms with van der Waals surface area (Å²) in [7, 11) is 0. The Bertz CT molecular complexity index is 1380. The average Bonchev–Trinajstić information content (AvgIpc) is 3.61. The van der Waals surface area contributed by atoms with Crippen molar-refractivity contribution in [3.63, 3.8) is 0 Å². The molecule has 7 nitrogen and oxygen atoms in total. The zero-order valence-electron chi connectivity index (χ0n) is 20.9. The maximum atomic E-state index is 12.9. The van der Waals surface area contributed by atoms with Crippen LogP contribution >= 0.6 is 35.3 Å². The first-order valence-electron chi connectivity index (χ1n) is 12.4. The van der Waals surface area contributed by atoms with Crippen LogP contribution in [-0.4, -0.2) is 39.4 Å². The molecule has 0 radical (unpaired) electrons. The van der Waals surface area contributed by atoms with Crippen LogP contribution < -0.4 is 14.8 Å². The van der Waals surface area contributed by atoms with Gasteiger partial charge in [-0.1, -0.05) is 66.3 Å². The number of thiazole rings is 1. The van der Waals surface area contributed by atoms with Gasteiger partial charge in [0.2, 0.25) is 12.7 Å². The van der Waals surface area contributed by atoms with Crippen molar-refractivity contribution in [1.29, 1.82) is 0 Å². The Morgan fingerprint density at radius 2 is 1.95 bits per heavy atom. The highest BCUT2D eigenvalue weighted by molar-refractivity contribution is 8.26. The van der Waals surface area contributed by atoms with Crippen LogP contribution in [0.3, 0.4) is 0 Å². The minimum atomic E-state index is -0.0828. The third kappa shape index (κ3) is 6.61. The number of benzene rings is 2. The molecule has 1 N–H and O–H groups in total. The molecule has 0 atom stereocenters. The second kappa shape index (κ2) is 12.1. The lowest BCUT2D eigenvalue weighted by Crippen LogP contribution is -2.29. The number of thioether (sulfide) groups is 1. The van der Waals surface area contributed by atoms with Crippen LogP contribution in [-0.2, 0) is 16.0 Å². The van der Waals surface area contributed by atoms with Gasteiger partial charge < -0.3 is 14.8 Å². The third-order valence-electron chi connectivity index (χ3n) is 6.15. The standard InChI is InChI=1S/C28H27N3O4S3/c1-18-6-8-19(9-7-18)13-21-16-29-27(37-21)30-25(32)5-3-2-4-12-31-26(33)24(38-28(31)36)15-20-10-11-22-23(14-20)35-17-34-22/h6-11,14-16H,2-5,12-13,17H2,1H3,(H,29,30,32)/b24-15-. The lowest BCUT2D eigenvalue weighted by atomic mass is 10.1. The minimum absolute atomic E-state index is 0.0430. The number of anilines is 1. The Kier molecular flexibility index (Phi) is 8.41. The number of hydrogen-bond donors (Lipinski definition) is 1. The maximum absolute atomic E-state index is 12.9. The molecule has 2 aliphatic heterocycles. The highest BCUT2D eigenvalue weighted by atomic mass is 32.2. The Balaban J connectivity index is 1.03. The Morgan fingerprint density at radius 3 is 2.79 bits per heavy atom. The number of aromatic nitrogens is 1. The van der Waals surface area contributed by atoms with Crippen molar-refractivity contribution < 1.29 is 19.1 Å². The van der Waals surface area contributed by atoms with Gasteiger partial charge in [0.1, 0.15) is 4.32 Å². The number of hydrogen-bond acceptors (Lipinski definition) is 8. The number of nitrogens with zero attached hydrogens (tertiary/aromatic N) is 2. The molecular weight excluding hydrogens is 539 g/mol. The monoisotopic (exact) mass is 565 g/mol. The number of ether oxygens (including phenoxy) is 2. The van der Waals surface area contributed by atoms with Crippen LogP contribution in [0.15, 0.2) is 53.6 Å². The largest absolute Gasteiger partial charge is 0.454 e. The van der Waals surface area contributed by atoms with Gasteiger partial charge in [-0.3, -0.25) is 14.5 Å². The molecule has 3 heterocycles. The summed E-state index contributed by atoms with van der Waals surface area (Å²) in [6.07, 6.45) is 7.19. The molecule has 196 valence electrons. The molecule has 1 saturated heterocycles. The van der Waals surface area contributed by atoms with Crippen LogP contribution in [0, 0.1) is 6.92 Å². The molecule has 0 saturated carbocycles. The van der Waals surface area contributed by atoms with Gasteiger partial charge in [-0.15, -0.1) is 11.3 Å². The number of aryl methyl sites for hydroxylation is 1. The van der Waals surface area contributed by atoms with E-state index in [1.54, 1.807) is 4.90 Å². The van der Waals surface area contributed by atoms with Crippen molar-refractivity contribution in [3.8, 4) is 11.5 Å². The smallest absolute Gasteiger partial charge is 0.266 e. The fraction of sp³-hybridized carbons (Fsp3) is 0.286. The maximum Gasteiger partial charge on any atom is 0.266 e. The van der Waals surface area contributed by atoms with E-state index in [4.69, 9.17) is 21.7 Å².